The van der Waals surface area contributed by atoms with Gasteiger partial charge in [0.2, 0.25) is 5.91 Å². The van der Waals surface area contributed by atoms with E-state index in [9.17, 15) is 9.18 Å². The third-order valence-electron chi connectivity index (χ3n) is 5.56. The quantitative estimate of drug-likeness (QED) is 0.525. The molecule has 0 radical (unpaired) electrons. The molecule has 1 atom stereocenters. The number of halogens is 2. The highest BCUT2D eigenvalue weighted by molar-refractivity contribution is 6.32. The van der Waals surface area contributed by atoms with Gasteiger partial charge in [0, 0.05) is 22.6 Å². The molecule has 5 heteroatoms. The lowest BCUT2D eigenvalue weighted by Gasteiger charge is -2.13. The summed E-state index contributed by atoms with van der Waals surface area (Å²) in [6.07, 6.45) is 2.36. The van der Waals surface area contributed by atoms with Crippen LogP contribution in [0.1, 0.15) is 41.7 Å². The van der Waals surface area contributed by atoms with Crippen molar-refractivity contribution in [2.45, 2.75) is 39.2 Å². The Hall–Kier alpha value is -2.98. The number of aryl methyl sites for hydroxylation is 2. The molecule has 0 aromatic heterocycles. The number of benzodiazepines with no additional fused rings is 1. The van der Waals surface area contributed by atoms with E-state index in [1.165, 1.54) is 23.3 Å². The van der Waals surface area contributed by atoms with Crippen LogP contribution in [0.2, 0.25) is 5.02 Å². The van der Waals surface area contributed by atoms with Crippen molar-refractivity contribution >= 4 is 28.9 Å². The molecule has 3 nitrogen and oxygen atoms in total. The number of nitrogens with zero attached hydrogens (tertiary/aromatic N) is 1. The van der Waals surface area contributed by atoms with Gasteiger partial charge in [0.1, 0.15) is 11.9 Å². The van der Waals surface area contributed by atoms with Crippen LogP contribution in [0.25, 0.3) is 0 Å². The van der Waals surface area contributed by atoms with Crippen LogP contribution >= 0.6 is 11.6 Å². The first-order valence-electron chi connectivity index (χ1n) is 10.5. The van der Waals surface area contributed by atoms with Gasteiger partial charge in [-0.25, -0.2) is 4.39 Å². The van der Waals surface area contributed by atoms with E-state index < -0.39 is 6.04 Å². The Bertz CT molecular complexity index is 1130. The van der Waals surface area contributed by atoms with E-state index in [4.69, 9.17) is 16.6 Å². The molecule has 0 fully saturated rings. The lowest BCUT2D eigenvalue weighted by atomic mass is 9.97. The molecule has 1 aliphatic heterocycles. The Balaban J connectivity index is 1.80. The molecule has 3 aromatic carbocycles. The lowest BCUT2D eigenvalue weighted by Crippen LogP contribution is -2.27. The highest BCUT2D eigenvalue weighted by atomic mass is 35.5. The van der Waals surface area contributed by atoms with Gasteiger partial charge in [-0.05, 0) is 72.0 Å². The lowest BCUT2D eigenvalue weighted by molar-refractivity contribution is -0.117. The summed E-state index contributed by atoms with van der Waals surface area (Å²) in [5, 5.41) is 3.55. The van der Waals surface area contributed by atoms with Crippen molar-refractivity contribution in [3.63, 3.8) is 0 Å². The number of aliphatic imine (C=N–C) groups is 1. The minimum absolute atomic E-state index is 0.166. The standard InChI is InChI=1S/C26H24ClFN2O/c1-3-16-11-17(4-2)13-18(12-16)14-24-26(31)30-23-10-7-20(27)15-22(23)25(29-24)19-5-8-21(28)9-6-19/h5-13,15,24H,3-4,14H2,1-2H3,(H,30,31). The molecule has 0 bridgehead atoms. The van der Waals surface area contributed by atoms with Gasteiger partial charge in [-0.3, -0.25) is 9.79 Å². The van der Waals surface area contributed by atoms with Crippen molar-refractivity contribution < 1.29 is 9.18 Å². The van der Waals surface area contributed by atoms with Gasteiger partial charge in [0.15, 0.2) is 0 Å². The van der Waals surface area contributed by atoms with Crippen molar-refractivity contribution in [2.75, 3.05) is 5.32 Å². The van der Waals surface area contributed by atoms with Crippen LogP contribution in [0.5, 0.6) is 0 Å². The first-order valence-corrected chi connectivity index (χ1v) is 10.9. The molecule has 3 aromatic rings. The summed E-state index contributed by atoms with van der Waals surface area (Å²) in [6, 6.07) is 17.4. The molecule has 1 heterocycles. The Morgan fingerprint density at radius 2 is 1.58 bits per heavy atom. The first-order chi connectivity index (χ1) is 15.0. The number of amides is 1. The Morgan fingerprint density at radius 3 is 2.23 bits per heavy atom. The number of fused-ring (bicyclic) bond motifs is 1. The van der Waals surface area contributed by atoms with Crippen molar-refractivity contribution in [2.24, 2.45) is 4.99 Å². The van der Waals surface area contributed by atoms with E-state index in [1.807, 2.05) is 0 Å². The highest BCUT2D eigenvalue weighted by Gasteiger charge is 2.26. The molecule has 1 aliphatic rings. The van der Waals surface area contributed by atoms with Crippen LogP contribution in [0.4, 0.5) is 10.1 Å². The van der Waals surface area contributed by atoms with Gasteiger partial charge < -0.3 is 5.32 Å². The maximum Gasteiger partial charge on any atom is 0.249 e. The summed E-state index contributed by atoms with van der Waals surface area (Å²) >= 11 is 6.25. The molecule has 0 saturated carbocycles. The third kappa shape index (κ3) is 4.70. The van der Waals surface area contributed by atoms with Gasteiger partial charge in [0.25, 0.3) is 0 Å². The second kappa shape index (κ2) is 9.03. The van der Waals surface area contributed by atoms with E-state index in [1.54, 1.807) is 30.3 Å². The summed E-state index contributed by atoms with van der Waals surface area (Å²) in [7, 11) is 0. The van der Waals surface area contributed by atoms with Crippen LogP contribution in [-0.4, -0.2) is 17.7 Å². The summed E-state index contributed by atoms with van der Waals surface area (Å²) in [4.78, 5) is 18.0. The fourth-order valence-corrected chi connectivity index (χ4v) is 4.06. The predicted octanol–water partition coefficient (Wildman–Crippen LogP) is 6.00. The minimum Gasteiger partial charge on any atom is -0.324 e. The average Bonchev–Trinajstić information content (AvgIpc) is 2.90. The number of carbonyl (C=O) groups is 1. The number of benzene rings is 3. The molecule has 31 heavy (non-hydrogen) atoms. The second-order valence-corrected chi connectivity index (χ2v) is 8.18. The summed E-state index contributed by atoms with van der Waals surface area (Å²) in [6.45, 7) is 4.25. The van der Waals surface area contributed by atoms with E-state index >= 15 is 0 Å². The second-order valence-electron chi connectivity index (χ2n) is 7.75. The average molecular weight is 435 g/mol. The summed E-state index contributed by atoms with van der Waals surface area (Å²) in [5.41, 5.74) is 6.33. The van der Waals surface area contributed by atoms with Gasteiger partial charge in [0.05, 0.1) is 11.4 Å². The number of anilines is 1. The van der Waals surface area contributed by atoms with Crippen LogP contribution in [0.3, 0.4) is 0 Å². The molecule has 0 aliphatic carbocycles. The van der Waals surface area contributed by atoms with Crippen molar-refractivity contribution in [3.8, 4) is 0 Å². The van der Waals surface area contributed by atoms with E-state index in [0.29, 0.717) is 22.8 Å². The van der Waals surface area contributed by atoms with Crippen molar-refractivity contribution in [1.29, 1.82) is 0 Å². The number of hydrogen-bond acceptors (Lipinski definition) is 2. The van der Waals surface area contributed by atoms with Gasteiger partial charge >= 0.3 is 0 Å². The molecule has 1 amide bonds. The fraction of sp³-hybridized carbons (Fsp3) is 0.231. The maximum absolute atomic E-state index is 13.5. The van der Waals surface area contributed by atoms with Crippen LogP contribution in [0.15, 0.2) is 65.7 Å². The SMILES string of the molecule is CCc1cc(CC)cc(CC2N=C(c3ccc(F)cc3)c3cc(Cl)ccc3NC2=O)c1. The summed E-state index contributed by atoms with van der Waals surface area (Å²) < 4.78 is 13.5. The monoisotopic (exact) mass is 434 g/mol. The highest BCUT2D eigenvalue weighted by Crippen LogP contribution is 2.28. The molecule has 1 unspecified atom stereocenters. The smallest absolute Gasteiger partial charge is 0.249 e. The zero-order chi connectivity index (χ0) is 22.0. The van der Waals surface area contributed by atoms with Crippen LogP contribution in [-0.2, 0) is 24.1 Å². The zero-order valence-corrected chi connectivity index (χ0v) is 18.3. The Kier molecular flexibility index (Phi) is 6.19. The molecule has 0 saturated heterocycles. The Morgan fingerprint density at radius 1 is 0.935 bits per heavy atom. The maximum atomic E-state index is 13.5. The predicted molar refractivity (Wildman–Crippen MR) is 125 cm³/mol. The zero-order valence-electron chi connectivity index (χ0n) is 17.6. The number of nitrogens with one attached hydrogen (secondary N) is 1. The van der Waals surface area contributed by atoms with E-state index in [0.717, 1.165) is 29.5 Å². The molecule has 0 spiro atoms. The molecule has 1 N–H and O–H groups in total. The number of rotatable bonds is 5. The Labute approximate surface area is 187 Å². The van der Waals surface area contributed by atoms with Crippen LogP contribution in [0, 0.1) is 5.82 Å². The third-order valence-corrected chi connectivity index (χ3v) is 5.79. The van der Waals surface area contributed by atoms with Crippen molar-refractivity contribution in [1.82, 2.24) is 0 Å². The normalized spacial score (nSPS) is 15.7. The largest absolute Gasteiger partial charge is 0.324 e. The van der Waals surface area contributed by atoms with Gasteiger partial charge in [-0.15, -0.1) is 0 Å². The first kappa shape index (κ1) is 21.3. The van der Waals surface area contributed by atoms with Crippen molar-refractivity contribution in [3.05, 3.63) is 99.3 Å². The van der Waals surface area contributed by atoms with Crippen LogP contribution < -0.4 is 5.32 Å². The molecular formula is C26H24ClFN2O. The minimum atomic E-state index is -0.608. The molecule has 158 valence electrons. The number of carbonyl (C=O) groups excluding carboxylic acids is 1. The van der Waals surface area contributed by atoms with E-state index in [2.05, 4.69) is 37.4 Å². The fourth-order valence-electron chi connectivity index (χ4n) is 3.89. The van der Waals surface area contributed by atoms with E-state index in [-0.39, 0.29) is 11.7 Å². The number of hydrogen-bond donors (Lipinski definition) is 1. The summed E-state index contributed by atoms with van der Waals surface area (Å²) in [5.74, 6) is -0.487. The van der Waals surface area contributed by atoms with Gasteiger partial charge in [-0.2, -0.15) is 0 Å². The molecular weight excluding hydrogens is 411 g/mol. The van der Waals surface area contributed by atoms with Gasteiger partial charge in [-0.1, -0.05) is 43.6 Å². The topological polar surface area (TPSA) is 41.5 Å². The molecule has 4 rings (SSSR count).